The van der Waals surface area contributed by atoms with Gasteiger partial charge >= 0.3 is 0 Å². The summed E-state index contributed by atoms with van der Waals surface area (Å²) in [6.45, 7) is 2.16. The average Bonchev–Trinajstić information content (AvgIpc) is 2.54. The Kier molecular flexibility index (Phi) is 1.60. The highest BCUT2D eigenvalue weighted by atomic mass is 14.8. The highest BCUT2D eigenvalue weighted by Gasteiger charge is 2.14. The molecule has 0 bridgehead atoms. The first kappa shape index (κ1) is 8.48. The lowest BCUT2D eigenvalue weighted by Crippen LogP contribution is -2.22. The molecule has 0 aromatic heterocycles. The zero-order valence-electron chi connectivity index (χ0n) is 8.57. The molecular formula is C13H12N2. The number of nitrogens with two attached hydrogens (primary N) is 1. The van der Waals surface area contributed by atoms with E-state index in [9.17, 15) is 0 Å². The Morgan fingerprint density at radius 3 is 3.07 bits per heavy atom. The summed E-state index contributed by atoms with van der Waals surface area (Å²) >= 11 is 0. The van der Waals surface area contributed by atoms with E-state index in [1.54, 1.807) is 0 Å². The van der Waals surface area contributed by atoms with Gasteiger partial charge in [0.05, 0.1) is 11.1 Å². The highest BCUT2D eigenvalue weighted by Crippen LogP contribution is 2.23. The molecule has 2 aliphatic rings. The Bertz CT molecular complexity index is 606. The molecular weight excluding hydrogens is 184 g/mol. The van der Waals surface area contributed by atoms with Crippen LogP contribution in [0.3, 0.4) is 0 Å². The van der Waals surface area contributed by atoms with Gasteiger partial charge in [0, 0.05) is 16.5 Å². The van der Waals surface area contributed by atoms with Crippen LogP contribution in [0.4, 0.5) is 5.69 Å². The fourth-order valence-corrected chi connectivity index (χ4v) is 2.05. The van der Waals surface area contributed by atoms with Gasteiger partial charge in [-0.3, -0.25) is 0 Å². The topological polar surface area (TPSA) is 38.4 Å². The van der Waals surface area contributed by atoms with Gasteiger partial charge in [-0.25, -0.2) is 4.99 Å². The molecule has 1 aromatic rings. The molecule has 1 atom stereocenters. The van der Waals surface area contributed by atoms with E-state index in [0.717, 1.165) is 22.0 Å². The van der Waals surface area contributed by atoms with Gasteiger partial charge in [-0.2, -0.15) is 0 Å². The van der Waals surface area contributed by atoms with Crippen molar-refractivity contribution in [2.75, 3.05) is 5.73 Å². The number of hydrogen-bond acceptors (Lipinski definition) is 2. The maximum Gasteiger partial charge on any atom is 0.0717 e. The molecule has 0 saturated carbocycles. The van der Waals surface area contributed by atoms with E-state index in [0.29, 0.717) is 5.92 Å². The first-order valence-electron chi connectivity index (χ1n) is 5.13. The fraction of sp³-hybridized carbons (Fsp3) is 0.154. The number of nitrogen functional groups attached to an aromatic ring is 1. The lowest BCUT2D eigenvalue weighted by Gasteiger charge is -2.08. The number of allylic oxidation sites excluding steroid dienone is 3. The zero-order valence-corrected chi connectivity index (χ0v) is 8.57. The van der Waals surface area contributed by atoms with Gasteiger partial charge in [0.1, 0.15) is 0 Å². The summed E-state index contributed by atoms with van der Waals surface area (Å²) in [7, 11) is 0. The summed E-state index contributed by atoms with van der Waals surface area (Å²) in [5.74, 6) is 0.471. The van der Waals surface area contributed by atoms with Crippen LogP contribution in [0, 0.1) is 5.92 Å². The van der Waals surface area contributed by atoms with Crippen LogP contribution in [-0.2, 0) is 0 Å². The molecule has 1 unspecified atom stereocenters. The molecule has 2 N–H and O–H groups in total. The Hall–Kier alpha value is -1.83. The van der Waals surface area contributed by atoms with Crippen molar-refractivity contribution >= 4 is 11.3 Å². The molecule has 74 valence electrons. The lowest BCUT2D eigenvalue weighted by molar-refractivity contribution is 0.920. The van der Waals surface area contributed by atoms with E-state index in [1.807, 2.05) is 18.2 Å². The molecule has 1 heterocycles. The zero-order chi connectivity index (χ0) is 10.4. The summed E-state index contributed by atoms with van der Waals surface area (Å²) < 4.78 is 0. The van der Waals surface area contributed by atoms with E-state index in [4.69, 9.17) is 5.73 Å². The SMILES string of the molecule is CC1C=CC2=c3cc(N)ccc3=NC2=C1. The van der Waals surface area contributed by atoms with Crippen molar-refractivity contribution in [3.05, 3.63) is 52.7 Å². The number of hydrogen-bond donors (Lipinski definition) is 1. The van der Waals surface area contributed by atoms with Crippen molar-refractivity contribution in [2.24, 2.45) is 10.9 Å². The van der Waals surface area contributed by atoms with Crippen molar-refractivity contribution in [3.63, 3.8) is 0 Å². The van der Waals surface area contributed by atoms with Gasteiger partial charge in [-0.1, -0.05) is 25.2 Å². The van der Waals surface area contributed by atoms with Gasteiger partial charge in [0.25, 0.3) is 0 Å². The molecule has 0 radical (unpaired) electrons. The van der Waals surface area contributed by atoms with Crippen molar-refractivity contribution in [2.45, 2.75) is 6.92 Å². The average molecular weight is 196 g/mol. The van der Waals surface area contributed by atoms with E-state index < -0.39 is 0 Å². The predicted molar refractivity (Wildman–Crippen MR) is 61.4 cm³/mol. The van der Waals surface area contributed by atoms with E-state index in [-0.39, 0.29) is 0 Å². The molecule has 3 rings (SSSR count). The fourth-order valence-electron chi connectivity index (χ4n) is 2.05. The quantitative estimate of drug-likeness (QED) is 0.621. The Morgan fingerprint density at radius 1 is 1.33 bits per heavy atom. The second-order valence-corrected chi connectivity index (χ2v) is 4.07. The van der Waals surface area contributed by atoms with Gasteiger partial charge in [-0.15, -0.1) is 0 Å². The Morgan fingerprint density at radius 2 is 2.20 bits per heavy atom. The third-order valence-electron chi connectivity index (χ3n) is 2.81. The minimum absolute atomic E-state index is 0.471. The third-order valence-corrected chi connectivity index (χ3v) is 2.81. The molecule has 15 heavy (non-hydrogen) atoms. The predicted octanol–water partition coefficient (Wildman–Crippen LogP) is 1.14. The molecule has 1 aromatic carbocycles. The molecule has 0 amide bonds. The number of rotatable bonds is 0. The maximum absolute atomic E-state index is 5.78. The van der Waals surface area contributed by atoms with Crippen LogP contribution in [-0.4, -0.2) is 0 Å². The Labute approximate surface area is 88.1 Å². The molecule has 1 aliphatic carbocycles. The molecule has 2 heteroatoms. The summed E-state index contributed by atoms with van der Waals surface area (Å²) in [4.78, 5) is 4.58. The third kappa shape index (κ3) is 1.22. The second kappa shape index (κ2) is 2.83. The molecule has 0 spiro atoms. The van der Waals surface area contributed by atoms with Gasteiger partial charge in [0.2, 0.25) is 0 Å². The maximum atomic E-state index is 5.78. The van der Waals surface area contributed by atoms with Crippen LogP contribution in [0.5, 0.6) is 0 Å². The highest BCUT2D eigenvalue weighted by molar-refractivity contribution is 5.76. The van der Waals surface area contributed by atoms with Gasteiger partial charge < -0.3 is 5.73 Å². The minimum Gasteiger partial charge on any atom is -0.399 e. The van der Waals surface area contributed by atoms with E-state index in [1.165, 1.54) is 5.57 Å². The van der Waals surface area contributed by atoms with Gasteiger partial charge in [0.15, 0.2) is 0 Å². The first-order valence-corrected chi connectivity index (χ1v) is 5.13. The largest absolute Gasteiger partial charge is 0.399 e. The number of benzene rings is 1. The smallest absolute Gasteiger partial charge is 0.0717 e. The molecule has 0 fully saturated rings. The van der Waals surface area contributed by atoms with Crippen LogP contribution in [0.25, 0.3) is 5.57 Å². The monoisotopic (exact) mass is 196 g/mol. The standard InChI is InChI=1S/C13H12N2/c1-8-2-4-10-11-7-9(14)3-5-12(11)15-13(10)6-8/h2-8H,14H2,1H3. The minimum atomic E-state index is 0.471. The Balaban J connectivity index is 2.39. The number of fused-ring (bicyclic) bond motifs is 2. The summed E-state index contributed by atoms with van der Waals surface area (Å²) in [6.07, 6.45) is 6.52. The number of anilines is 1. The molecule has 0 saturated heterocycles. The van der Waals surface area contributed by atoms with Crippen LogP contribution < -0.4 is 16.3 Å². The van der Waals surface area contributed by atoms with Crippen molar-refractivity contribution in [1.82, 2.24) is 0 Å². The lowest BCUT2D eigenvalue weighted by atomic mass is 9.98. The summed E-state index contributed by atoms with van der Waals surface area (Å²) in [6, 6.07) is 5.87. The van der Waals surface area contributed by atoms with E-state index in [2.05, 4.69) is 30.1 Å². The van der Waals surface area contributed by atoms with Gasteiger partial charge in [-0.05, 0) is 24.1 Å². The van der Waals surface area contributed by atoms with Crippen LogP contribution in [0.2, 0.25) is 0 Å². The second-order valence-electron chi connectivity index (χ2n) is 4.07. The van der Waals surface area contributed by atoms with Crippen molar-refractivity contribution in [1.29, 1.82) is 0 Å². The van der Waals surface area contributed by atoms with Crippen molar-refractivity contribution in [3.8, 4) is 0 Å². The van der Waals surface area contributed by atoms with Crippen LogP contribution in [0.15, 0.2) is 47.1 Å². The molecule has 2 nitrogen and oxygen atoms in total. The normalized spacial score (nSPS) is 21.8. The summed E-state index contributed by atoms with van der Waals surface area (Å²) in [5, 5.41) is 2.19. The van der Waals surface area contributed by atoms with Crippen molar-refractivity contribution < 1.29 is 0 Å². The first-order chi connectivity index (χ1) is 7.24. The van der Waals surface area contributed by atoms with Crippen LogP contribution >= 0.6 is 0 Å². The summed E-state index contributed by atoms with van der Waals surface area (Å²) in [5.41, 5.74) is 8.87. The van der Waals surface area contributed by atoms with Crippen LogP contribution in [0.1, 0.15) is 6.92 Å². The molecule has 1 aliphatic heterocycles. The number of nitrogens with zero attached hydrogens (tertiary/aromatic N) is 1. The van der Waals surface area contributed by atoms with E-state index >= 15 is 0 Å².